The molecule has 0 saturated heterocycles. The molecular formula is C15H18N4OS. The van der Waals surface area contributed by atoms with E-state index in [0.29, 0.717) is 13.0 Å². The zero-order valence-electron chi connectivity index (χ0n) is 12.4. The minimum atomic E-state index is -0.478. The van der Waals surface area contributed by atoms with E-state index in [-0.39, 0.29) is 0 Å². The molecule has 110 valence electrons. The Morgan fingerprint density at radius 1 is 1.33 bits per heavy atom. The minimum absolute atomic E-state index is 0.478. The van der Waals surface area contributed by atoms with Crippen LogP contribution in [0.1, 0.15) is 25.2 Å². The van der Waals surface area contributed by atoms with Gasteiger partial charge in [0, 0.05) is 30.8 Å². The van der Waals surface area contributed by atoms with Gasteiger partial charge in [-0.25, -0.2) is 4.98 Å². The summed E-state index contributed by atoms with van der Waals surface area (Å²) in [6, 6.07) is 10.1. The van der Waals surface area contributed by atoms with Gasteiger partial charge in [-0.3, -0.25) is 0 Å². The monoisotopic (exact) mass is 302 g/mol. The Kier molecular flexibility index (Phi) is 4.89. The Balaban J connectivity index is 2.04. The highest BCUT2D eigenvalue weighted by molar-refractivity contribution is 7.09. The molecule has 0 bridgehead atoms. The third-order valence-corrected chi connectivity index (χ3v) is 3.80. The summed E-state index contributed by atoms with van der Waals surface area (Å²) in [5, 5.41) is 13.1. The van der Waals surface area contributed by atoms with Crippen molar-refractivity contribution in [1.29, 1.82) is 5.26 Å². The summed E-state index contributed by atoms with van der Waals surface area (Å²) in [6.07, 6.45) is 0.712. The van der Waals surface area contributed by atoms with E-state index >= 15 is 0 Å². The first-order valence-corrected chi connectivity index (χ1v) is 7.43. The molecule has 0 aliphatic heterocycles. The highest BCUT2D eigenvalue weighted by Gasteiger charge is 2.19. The molecule has 6 heteroatoms. The number of nitriles is 1. The number of anilines is 2. The molecule has 1 aromatic carbocycles. The summed E-state index contributed by atoms with van der Waals surface area (Å²) >= 11 is 1.33. The molecule has 21 heavy (non-hydrogen) atoms. The lowest BCUT2D eigenvalue weighted by Crippen LogP contribution is -2.13. The van der Waals surface area contributed by atoms with Crippen molar-refractivity contribution < 1.29 is 4.74 Å². The number of nitrogens with zero attached hydrogens (tertiary/aromatic N) is 3. The Bertz CT molecular complexity index is 628. The van der Waals surface area contributed by atoms with Crippen LogP contribution >= 0.6 is 11.5 Å². The van der Waals surface area contributed by atoms with Gasteiger partial charge < -0.3 is 10.1 Å². The SMILES string of the molecule is COCCc1nsc(Nc2ccc(C(C)(C)C#N)cc2)n1. The first-order chi connectivity index (χ1) is 10.0. The minimum Gasteiger partial charge on any atom is -0.384 e. The van der Waals surface area contributed by atoms with Crippen LogP contribution in [0.3, 0.4) is 0 Å². The van der Waals surface area contributed by atoms with Crippen molar-refractivity contribution in [3.05, 3.63) is 35.7 Å². The van der Waals surface area contributed by atoms with Gasteiger partial charge >= 0.3 is 0 Å². The van der Waals surface area contributed by atoms with Crippen molar-refractivity contribution in [2.24, 2.45) is 0 Å². The molecule has 0 aliphatic carbocycles. The average molecular weight is 302 g/mol. The van der Waals surface area contributed by atoms with Crippen LogP contribution < -0.4 is 5.32 Å². The molecule has 1 aromatic heterocycles. The largest absolute Gasteiger partial charge is 0.384 e. The van der Waals surface area contributed by atoms with Crippen molar-refractivity contribution in [1.82, 2.24) is 9.36 Å². The predicted octanol–water partition coefficient (Wildman–Crippen LogP) is 3.27. The van der Waals surface area contributed by atoms with E-state index in [1.807, 2.05) is 38.1 Å². The number of aromatic nitrogens is 2. The molecule has 2 aromatic rings. The Labute approximate surface area is 128 Å². The lowest BCUT2D eigenvalue weighted by molar-refractivity contribution is 0.201. The molecule has 5 nitrogen and oxygen atoms in total. The Morgan fingerprint density at radius 2 is 2.05 bits per heavy atom. The van der Waals surface area contributed by atoms with Gasteiger partial charge in [0.25, 0.3) is 0 Å². The first-order valence-electron chi connectivity index (χ1n) is 6.65. The van der Waals surface area contributed by atoms with Crippen molar-refractivity contribution in [3.8, 4) is 6.07 Å². The van der Waals surface area contributed by atoms with Crippen LogP contribution in [0.4, 0.5) is 10.8 Å². The molecule has 0 fully saturated rings. The second kappa shape index (κ2) is 6.66. The quantitative estimate of drug-likeness (QED) is 0.886. The van der Waals surface area contributed by atoms with Crippen LogP contribution in [-0.4, -0.2) is 23.1 Å². The zero-order valence-corrected chi connectivity index (χ0v) is 13.2. The van der Waals surface area contributed by atoms with E-state index in [9.17, 15) is 0 Å². The molecule has 0 unspecified atom stereocenters. The van der Waals surface area contributed by atoms with Gasteiger partial charge in [0.15, 0.2) is 0 Å². The van der Waals surface area contributed by atoms with Gasteiger partial charge in [-0.2, -0.15) is 9.64 Å². The number of hydrogen-bond acceptors (Lipinski definition) is 6. The second-order valence-corrected chi connectivity index (χ2v) is 5.95. The van der Waals surface area contributed by atoms with E-state index in [1.54, 1.807) is 7.11 Å². The smallest absolute Gasteiger partial charge is 0.207 e. The highest BCUT2D eigenvalue weighted by atomic mass is 32.1. The summed E-state index contributed by atoms with van der Waals surface area (Å²) in [5.41, 5.74) is 1.45. The number of rotatable bonds is 6. The van der Waals surface area contributed by atoms with E-state index in [2.05, 4.69) is 20.7 Å². The van der Waals surface area contributed by atoms with Gasteiger partial charge in [-0.1, -0.05) is 12.1 Å². The van der Waals surface area contributed by atoms with E-state index in [1.165, 1.54) is 11.5 Å². The molecule has 1 heterocycles. The lowest BCUT2D eigenvalue weighted by Gasteiger charge is -2.15. The number of nitrogens with one attached hydrogen (secondary N) is 1. The summed E-state index contributed by atoms with van der Waals surface area (Å²) < 4.78 is 9.27. The number of methoxy groups -OCH3 is 1. The van der Waals surface area contributed by atoms with Gasteiger partial charge in [0.05, 0.1) is 18.1 Å². The average Bonchev–Trinajstić information content (AvgIpc) is 2.93. The number of benzene rings is 1. The molecular weight excluding hydrogens is 284 g/mol. The summed E-state index contributed by atoms with van der Waals surface area (Å²) in [4.78, 5) is 4.39. The summed E-state index contributed by atoms with van der Waals surface area (Å²) in [7, 11) is 1.66. The standard InChI is InChI=1S/C15H18N4OS/c1-15(2,10-16)11-4-6-12(7-5-11)17-14-18-13(19-21-14)8-9-20-3/h4-7H,8-9H2,1-3H3,(H,17,18,19). The topological polar surface area (TPSA) is 70.8 Å². The maximum Gasteiger partial charge on any atom is 0.207 e. The van der Waals surface area contributed by atoms with Crippen molar-refractivity contribution >= 4 is 22.4 Å². The molecule has 0 spiro atoms. The van der Waals surface area contributed by atoms with E-state index in [4.69, 9.17) is 10.00 Å². The van der Waals surface area contributed by atoms with Crippen molar-refractivity contribution in [2.75, 3.05) is 19.0 Å². The summed E-state index contributed by atoms with van der Waals surface area (Å²) in [5.74, 6) is 0.784. The molecule has 0 radical (unpaired) electrons. The molecule has 0 amide bonds. The highest BCUT2D eigenvalue weighted by Crippen LogP contribution is 2.25. The fraction of sp³-hybridized carbons (Fsp3) is 0.400. The molecule has 0 atom stereocenters. The fourth-order valence-electron chi connectivity index (χ4n) is 1.76. The van der Waals surface area contributed by atoms with Crippen LogP contribution in [0.25, 0.3) is 0 Å². The van der Waals surface area contributed by atoms with Crippen LogP contribution in [-0.2, 0) is 16.6 Å². The predicted molar refractivity (Wildman–Crippen MR) is 83.9 cm³/mol. The third kappa shape index (κ3) is 4.00. The van der Waals surface area contributed by atoms with Gasteiger partial charge in [-0.15, -0.1) is 0 Å². The molecule has 2 rings (SSSR count). The van der Waals surface area contributed by atoms with Crippen LogP contribution in [0.2, 0.25) is 0 Å². The number of ether oxygens (including phenoxy) is 1. The van der Waals surface area contributed by atoms with Gasteiger partial charge in [0.1, 0.15) is 5.82 Å². The first kappa shape index (κ1) is 15.4. The Hall–Kier alpha value is -1.97. The normalized spacial score (nSPS) is 11.1. The molecule has 1 N–H and O–H groups in total. The van der Waals surface area contributed by atoms with Crippen LogP contribution in [0, 0.1) is 11.3 Å². The second-order valence-electron chi connectivity index (χ2n) is 5.20. The van der Waals surface area contributed by atoms with Crippen molar-refractivity contribution in [3.63, 3.8) is 0 Å². The fourth-order valence-corrected chi connectivity index (χ4v) is 2.39. The maximum absolute atomic E-state index is 9.13. The van der Waals surface area contributed by atoms with Crippen LogP contribution in [0.15, 0.2) is 24.3 Å². The lowest BCUT2D eigenvalue weighted by atomic mass is 9.86. The van der Waals surface area contributed by atoms with Crippen molar-refractivity contribution in [2.45, 2.75) is 25.7 Å². The zero-order chi connectivity index (χ0) is 15.3. The van der Waals surface area contributed by atoms with E-state index in [0.717, 1.165) is 22.2 Å². The Morgan fingerprint density at radius 3 is 2.67 bits per heavy atom. The molecule has 0 saturated carbocycles. The number of hydrogen-bond donors (Lipinski definition) is 1. The van der Waals surface area contributed by atoms with Gasteiger partial charge in [-0.05, 0) is 31.5 Å². The molecule has 0 aliphatic rings. The summed E-state index contributed by atoms with van der Waals surface area (Å²) in [6.45, 7) is 4.43. The van der Waals surface area contributed by atoms with Crippen LogP contribution in [0.5, 0.6) is 0 Å². The maximum atomic E-state index is 9.13. The third-order valence-electron chi connectivity index (χ3n) is 3.14. The van der Waals surface area contributed by atoms with E-state index < -0.39 is 5.41 Å². The van der Waals surface area contributed by atoms with Gasteiger partial charge in [0.2, 0.25) is 5.13 Å².